The molecule has 2 unspecified atom stereocenters. The molecule has 0 saturated heterocycles. The minimum absolute atomic E-state index is 0.104. The Morgan fingerprint density at radius 2 is 2.00 bits per heavy atom. The molecule has 0 saturated carbocycles. The molecule has 0 aliphatic carbocycles. The summed E-state index contributed by atoms with van der Waals surface area (Å²) >= 11 is 0. The van der Waals surface area contributed by atoms with Crippen molar-refractivity contribution in [1.82, 2.24) is 0 Å². The zero-order chi connectivity index (χ0) is 12.1. The molecule has 90 valence electrons. The van der Waals surface area contributed by atoms with Gasteiger partial charge in [-0.05, 0) is 24.0 Å². The van der Waals surface area contributed by atoms with E-state index in [-0.39, 0.29) is 17.9 Å². The van der Waals surface area contributed by atoms with E-state index in [1.54, 1.807) is 0 Å². The quantitative estimate of drug-likeness (QED) is 0.819. The number of hydrogen-bond acceptors (Lipinski definition) is 1. The molecule has 0 bridgehead atoms. The van der Waals surface area contributed by atoms with Crippen molar-refractivity contribution in [2.45, 2.75) is 39.2 Å². The summed E-state index contributed by atoms with van der Waals surface area (Å²) in [7, 11) is 0. The van der Waals surface area contributed by atoms with Gasteiger partial charge in [0.25, 0.3) is 0 Å². The van der Waals surface area contributed by atoms with E-state index in [0.717, 1.165) is 18.9 Å². The van der Waals surface area contributed by atoms with E-state index >= 15 is 0 Å². The maximum atomic E-state index is 13.3. The van der Waals surface area contributed by atoms with Crippen LogP contribution < -0.4 is 0 Å². The van der Waals surface area contributed by atoms with E-state index in [4.69, 9.17) is 0 Å². The smallest absolute Gasteiger partial charge is 0.162 e. The summed E-state index contributed by atoms with van der Waals surface area (Å²) in [5.74, 6) is -1.59. The van der Waals surface area contributed by atoms with Crippen molar-refractivity contribution in [2.75, 3.05) is 0 Å². The van der Waals surface area contributed by atoms with Crippen molar-refractivity contribution in [3.8, 4) is 0 Å². The Hall–Kier alpha value is -0.960. The van der Waals surface area contributed by atoms with Crippen LogP contribution in [-0.2, 0) is 6.42 Å². The van der Waals surface area contributed by atoms with Crippen LogP contribution in [0.5, 0.6) is 0 Å². The van der Waals surface area contributed by atoms with Gasteiger partial charge in [0.05, 0.1) is 6.10 Å². The van der Waals surface area contributed by atoms with Crippen LogP contribution in [0.25, 0.3) is 0 Å². The highest BCUT2D eigenvalue weighted by molar-refractivity contribution is 5.19. The van der Waals surface area contributed by atoms with Crippen molar-refractivity contribution in [1.29, 1.82) is 0 Å². The van der Waals surface area contributed by atoms with E-state index in [9.17, 15) is 13.9 Å². The van der Waals surface area contributed by atoms with Gasteiger partial charge in [-0.3, -0.25) is 0 Å². The van der Waals surface area contributed by atoms with Crippen molar-refractivity contribution >= 4 is 0 Å². The number of hydrogen-bond donors (Lipinski definition) is 1. The van der Waals surface area contributed by atoms with Gasteiger partial charge >= 0.3 is 0 Å². The van der Waals surface area contributed by atoms with Gasteiger partial charge in [0.1, 0.15) is 0 Å². The van der Waals surface area contributed by atoms with Crippen molar-refractivity contribution in [3.63, 3.8) is 0 Å². The van der Waals surface area contributed by atoms with E-state index in [2.05, 4.69) is 0 Å². The standard InChI is InChI=1S/C13H18F2O/c1-3-5-9(2)12(16)8-10-6-4-7-11(14)13(10)15/h4,6-7,9,12,16H,3,5,8H2,1-2H3. The summed E-state index contributed by atoms with van der Waals surface area (Å²) in [6.45, 7) is 3.96. The molecular formula is C13H18F2O. The Morgan fingerprint density at radius 3 is 2.62 bits per heavy atom. The fourth-order valence-electron chi connectivity index (χ4n) is 1.78. The molecular weight excluding hydrogens is 210 g/mol. The first kappa shape index (κ1) is 13.1. The van der Waals surface area contributed by atoms with Gasteiger partial charge < -0.3 is 5.11 Å². The van der Waals surface area contributed by atoms with Crippen molar-refractivity contribution < 1.29 is 13.9 Å². The van der Waals surface area contributed by atoms with Crippen LogP contribution in [0.2, 0.25) is 0 Å². The second kappa shape index (κ2) is 5.94. The van der Waals surface area contributed by atoms with Gasteiger partial charge in [-0.1, -0.05) is 32.4 Å². The topological polar surface area (TPSA) is 20.2 Å². The Balaban J connectivity index is 2.69. The summed E-state index contributed by atoms with van der Waals surface area (Å²) in [6, 6.07) is 4.06. The average molecular weight is 228 g/mol. The molecule has 0 amide bonds. The SMILES string of the molecule is CCCC(C)C(O)Cc1cccc(F)c1F. The van der Waals surface area contributed by atoms with Crippen molar-refractivity contribution in [3.05, 3.63) is 35.4 Å². The minimum Gasteiger partial charge on any atom is -0.393 e. The zero-order valence-corrected chi connectivity index (χ0v) is 9.71. The summed E-state index contributed by atoms with van der Waals surface area (Å²) in [4.78, 5) is 0. The Morgan fingerprint density at radius 1 is 1.31 bits per heavy atom. The third-order valence-electron chi connectivity index (χ3n) is 2.86. The third kappa shape index (κ3) is 3.27. The predicted octanol–water partition coefficient (Wildman–Crippen LogP) is 3.30. The zero-order valence-electron chi connectivity index (χ0n) is 9.71. The third-order valence-corrected chi connectivity index (χ3v) is 2.86. The first-order valence-corrected chi connectivity index (χ1v) is 5.67. The second-order valence-electron chi connectivity index (χ2n) is 4.25. The highest BCUT2D eigenvalue weighted by Crippen LogP contribution is 2.18. The molecule has 0 aliphatic rings. The number of halogens is 2. The molecule has 16 heavy (non-hydrogen) atoms. The maximum absolute atomic E-state index is 13.3. The highest BCUT2D eigenvalue weighted by Gasteiger charge is 2.17. The average Bonchev–Trinajstić information content (AvgIpc) is 2.25. The second-order valence-corrected chi connectivity index (χ2v) is 4.25. The lowest BCUT2D eigenvalue weighted by Crippen LogP contribution is -2.21. The summed E-state index contributed by atoms with van der Waals surface area (Å²) in [5, 5.41) is 9.83. The molecule has 0 spiro atoms. The fourth-order valence-corrected chi connectivity index (χ4v) is 1.78. The molecule has 1 N–H and O–H groups in total. The van der Waals surface area contributed by atoms with Crippen LogP contribution >= 0.6 is 0 Å². The molecule has 0 fully saturated rings. The van der Waals surface area contributed by atoms with E-state index in [0.29, 0.717) is 0 Å². The van der Waals surface area contributed by atoms with Crippen LogP contribution in [0.4, 0.5) is 8.78 Å². The Bertz CT molecular complexity index is 339. The maximum Gasteiger partial charge on any atom is 0.162 e. The van der Waals surface area contributed by atoms with E-state index < -0.39 is 17.7 Å². The van der Waals surface area contributed by atoms with Gasteiger partial charge in [0.2, 0.25) is 0 Å². The first-order valence-electron chi connectivity index (χ1n) is 5.67. The van der Waals surface area contributed by atoms with Crippen LogP contribution in [0, 0.1) is 17.6 Å². The number of rotatable bonds is 5. The molecule has 3 heteroatoms. The highest BCUT2D eigenvalue weighted by atomic mass is 19.2. The molecule has 1 rings (SSSR count). The summed E-state index contributed by atoms with van der Waals surface area (Å²) < 4.78 is 26.2. The number of aliphatic hydroxyl groups excluding tert-OH is 1. The van der Waals surface area contributed by atoms with Crippen LogP contribution in [0.15, 0.2) is 18.2 Å². The van der Waals surface area contributed by atoms with Gasteiger partial charge in [0.15, 0.2) is 11.6 Å². The van der Waals surface area contributed by atoms with Gasteiger partial charge in [-0.25, -0.2) is 8.78 Å². The summed E-state index contributed by atoms with van der Waals surface area (Å²) in [6.07, 6.45) is 1.42. The Kier molecular flexibility index (Phi) is 4.87. The van der Waals surface area contributed by atoms with Crippen molar-refractivity contribution in [2.24, 2.45) is 5.92 Å². The Labute approximate surface area is 95.1 Å². The van der Waals surface area contributed by atoms with Crippen LogP contribution in [0.1, 0.15) is 32.3 Å². The molecule has 2 atom stereocenters. The van der Waals surface area contributed by atoms with Gasteiger partial charge in [-0.15, -0.1) is 0 Å². The van der Waals surface area contributed by atoms with Crippen LogP contribution in [-0.4, -0.2) is 11.2 Å². The van der Waals surface area contributed by atoms with Gasteiger partial charge in [0, 0.05) is 6.42 Å². The number of benzene rings is 1. The van der Waals surface area contributed by atoms with Crippen LogP contribution in [0.3, 0.4) is 0 Å². The number of aliphatic hydroxyl groups is 1. The predicted molar refractivity (Wildman–Crippen MR) is 60.1 cm³/mol. The molecule has 0 aliphatic heterocycles. The molecule has 1 aromatic rings. The summed E-state index contributed by atoms with van der Waals surface area (Å²) in [5.41, 5.74) is 0.246. The molecule has 1 aromatic carbocycles. The lowest BCUT2D eigenvalue weighted by Gasteiger charge is -2.18. The van der Waals surface area contributed by atoms with E-state index in [1.807, 2.05) is 13.8 Å². The monoisotopic (exact) mass is 228 g/mol. The van der Waals surface area contributed by atoms with E-state index in [1.165, 1.54) is 12.1 Å². The fraction of sp³-hybridized carbons (Fsp3) is 0.538. The first-order chi connectivity index (χ1) is 7.56. The minimum atomic E-state index is -0.854. The molecule has 1 nitrogen and oxygen atoms in total. The molecule has 0 heterocycles. The lowest BCUT2D eigenvalue weighted by atomic mass is 9.94. The largest absolute Gasteiger partial charge is 0.393 e. The molecule has 0 radical (unpaired) electrons. The van der Waals surface area contributed by atoms with Gasteiger partial charge in [-0.2, -0.15) is 0 Å². The lowest BCUT2D eigenvalue weighted by molar-refractivity contribution is 0.110. The molecule has 0 aromatic heterocycles. The normalized spacial score (nSPS) is 14.8.